The van der Waals surface area contributed by atoms with Crippen molar-refractivity contribution in [2.75, 3.05) is 27.4 Å². The van der Waals surface area contributed by atoms with Gasteiger partial charge in [0.1, 0.15) is 17.8 Å². The molecule has 18 heavy (non-hydrogen) atoms. The zero-order chi connectivity index (χ0) is 13.4. The van der Waals surface area contributed by atoms with Crippen molar-refractivity contribution in [1.29, 1.82) is 0 Å². The minimum Gasteiger partial charge on any atom is -0.382 e. The van der Waals surface area contributed by atoms with E-state index in [-0.39, 0.29) is 18.8 Å². The first-order valence-corrected chi connectivity index (χ1v) is 7.29. The summed E-state index contributed by atoms with van der Waals surface area (Å²) >= 11 is 0. The first-order valence-electron chi connectivity index (χ1n) is 5.79. The van der Waals surface area contributed by atoms with Crippen LogP contribution in [0, 0.1) is 0 Å². The zero-order valence-corrected chi connectivity index (χ0v) is 11.6. The Morgan fingerprint density at radius 2 is 2.22 bits per heavy atom. The lowest BCUT2D eigenvalue weighted by molar-refractivity contribution is -0.141. The lowest BCUT2D eigenvalue weighted by Gasteiger charge is -2.38. The molecule has 2 unspecified atom stereocenters. The average Bonchev–Trinajstić information content (AvgIpc) is 2.47. The average molecular weight is 282 g/mol. The molecule has 0 aromatic heterocycles. The fourth-order valence-electron chi connectivity index (χ4n) is 2.62. The highest BCUT2D eigenvalue weighted by atomic mass is 31.2. The summed E-state index contributed by atoms with van der Waals surface area (Å²) in [6, 6.07) is 0. The maximum atomic E-state index is 11.6. The number of phosphoric ester groups is 1. The first-order chi connectivity index (χ1) is 8.44. The smallest absolute Gasteiger partial charge is 0.382 e. The van der Waals surface area contributed by atoms with Gasteiger partial charge in [0.2, 0.25) is 0 Å². The van der Waals surface area contributed by atoms with Crippen molar-refractivity contribution in [2.24, 2.45) is 0 Å². The van der Waals surface area contributed by atoms with Gasteiger partial charge in [-0.1, -0.05) is 0 Å². The maximum Gasteiger partial charge on any atom is 0.472 e. The highest BCUT2D eigenvalue weighted by molar-refractivity contribution is 7.47. The van der Waals surface area contributed by atoms with E-state index in [4.69, 9.17) is 18.7 Å². The van der Waals surface area contributed by atoms with Crippen LogP contribution in [0.3, 0.4) is 0 Å². The Hall–Kier alpha value is -0.0100. The molecule has 1 N–H and O–H groups in total. The van der Waals surface area contributed by atoms with Gasteiger partial charge >= 0.3 is 7.82 Å². The standard InChI is InChI=1S/C10H19O7P/c1-7-8-9(17-18(11,12)14-3)10(16-7,6-13-2)4-5-15-8/h7-9H,4-6H2,1-3H3,(H,11,12)/t7-,8?,9-,10+/m0/s1. The van der Waals surface area contributed by atoms with Crippen LogP contribution in [0.15, 0.2) is 0 Å². The second-order valence-corrected chi connectivity index (χ2v) is 6.10. The normalized spacial score (nSPS) is 42.8. The van der Waals surface area contributed by atoms with E-state index in [9.17, 15) is 9.46 Å². The van der Waals surface area contributed by atoms with E-state index in [0.717, 1.165) is 7.11 Å². The van der Waals surface area contributed by atoms with E-state index in [1.165, 1.54) is 0 Å². The van der Waals surface area contributed by atoms with Crippen LogP contribution in [-0.2, 0) is 27.8 Å². The molecule has 0 spiro atoms. The van der Waals surface area contributed by atoms with Crippen LogP contribution in [-0.4, -0.2) is 56.2 Å². The molecule has 5 atom stereocenters. The Morgan fingerprint density at radius 3 is 2.83 bits per heavy atom. The third-order valence-electron chi connectivity index (χ3n) is 3.40. The summed E-state index contributed by atoms with van der Waals surface area (Å²) in [5, 5.41) is 0. The van der Waals surface area contributed by atoms with Gasteiger partial charge in [-0.05, 0) is 6.92 Å². The van der Waals surface area contributed by atoms with E-state index in [2.05, 4.69) is 4.52 Å². The molecule has 0 amide bonds. The van der Waals surface area contributed by atoms with E-state index >= 15 is 0 Å². The summed E-state index contributed by atoms with van der Waals surface area (Å²) in [5.74, 6) is 0. The molecule has 8 heteroatoms. The van der Waals surface area contributed by atoms with Crippen LogP contribution in [0.25, 0.3) is 0 Å². The molecular weight excluding hydrogens is 263 g/mol. The fraction of sp³-hybridized carbons (Fsp3) is 1.00. The molecular formula is C10H19O7P. The summed E-state index contributed by atoms with van der Waals surface area (Å²) in [5.41, 5.74) is -0.742. The van der Waals surface area contributed by atoms with E-state index in [0.29, 0.717) is 13.0 Å². The van der Waals surface area contributed by atoms with Crippen molar-refractivity contribution in [2.45, 2.75) is 37.3 Å². The van der Waals surface area contributed by atoms with E-state index < -0.39 is 19.5 Å². The Kier molecular flexibility index (Phi) is 4.14. The number of phosphoric acid groups is 1. The molecule has 0 saturated carbocycles. The van der Waals surface area contributed by atoms with Gasteiger partial charge < -0.3 is 19.1 Å². The molecule has 2 heterocycles. The van der Waals surface area contributed by atoms with Gasteiger partial charge in [-0.3, -0.25) is 9.05 Å². The number of ether oxygens (including phenoxy) is 3. The minimum atomic E-state index is -4.08. The SMILES string of the molecule is COC[C@@]12CCOC([C@H](C)O1)[C@@H]2OP(=O)(O)OC. The van der Waals surface area contributed by atoms with Crippen LogP contribution in [0.4, 0.5) is 0 Å². The van der Waals surface area contributed by atoms with Crippen molar-refractivity contribution in [3.8, 4) is 0 Å². The molecule has 2 bridgehead atoms. The molecule has 2 aliphatic heterocycles. The Labute approximate surface area is 106 Å². The molecule has 0 aromatic carbocycles. The van der Waals surface area contributed by atoms with Crippen molar-refractivity contribution >= 4 is 7.82 Å². The summed E-state index contributed by atoms with van der Waals surface area (Å²) in [6.45, 7) is 2.64. The van der Waals surface area contributed by atoms with Crippen LogP contribution in [0.1, 0.15) is 13.3 Å². The minimum absolute atomic E-state index is 0.218. The topological polar surface area (TPSA) is 83.5 Å². The van der Waals surface area contributed by atoms with Crippen LogP contribution in [0.5, 0.6) is 0 Å². The van der Waals surface area contributed by atoms with Gasteiger partial charge in [0, 0.05) is 20.6 Å². The third-order valence-corrected chi connectivity index (χ3v) is 4.36. The van der Waals surface area contributed by atoms with Crippen LogP contribution in [0.2, 0.25) is 0 Å². The predicted molar refractivity (Wildman–Crippen MR) is 61.2 cm³/mol. The second kappa shape index (κ2) is 5.17. The van der Waals surface area contributed by atoms with Gasteiger partial charge in [-0.25, -0.2) is 4.57 Å². The molecule has 2 fully saturated rings. The summed E-state index contributed by atoms with van der Waals surface area (Å²) in [4.78, 5) is 9.47. The van der Waals surface area contributed by atoms with Crippen LogP contribution >= 0.6 is 7.82 Å². The number of hydrogen-bond donors (Lipinski definition) is 1. The van der Waals surface area contributed by atoms with Gasteiger partial charge in [0.15, 0.2) is 0 Å². The molecule has 0 radical (unpaired) electrons. The van der Waals surface area contributed by atoms with Gasteiger partial charge in [-0.2, -0.15) is 0 Å². The number of fused-ring (bicyclic) bond motifs is 2. The Bertz CT molecular complexity index is 345. The Balaban J connectivity index is 2.22. The Morgan fingerprint density at radius 1 is 1.50 bits per heavy atom. The molecule has 2 rings (SSSR count). The largest absolute Gasteiger partial charge is 0.472 e. The predicted octanol–water partition coefficient (Wildman–Crippen LogP) is 0.711. The van der Waals surface area contributed by atoms with Gasteiger partial charge in [-0.15, -0.1) is 0 Å². The summed E-state index contributed by atoms with van der Waals surface area (Å²) < 4.78 is 37.8. The van der Waals surface area contributed by atoms with E-state index in [1.807, 2.05) is 6.92 Å². The number of hydrogen-bond acceptors (Lipinski definition) is 6. The summed E-state index contributed by atoms with van der Waals surface area (Å²) in [6.07, 6.45) is -0.721. The molecule has 2 aliphatic rings. The van der Waals surface area contributed by atoms with Crippen molar-refractivity contribution < 1.29 is 32.7 Å². The lowest BCUT2D eigenvalue weighted by Crippen LogP contribution is -2.52. The van der Waals surface area contributed by atoms with Gasteiger partial charge in [0.25, 0.3) is 0 Å². The maximum absolute atomic E-state index is 11.6. The highest BCUT2D eigenvalue weighted by Crippen LogP contribution is 2.51. The first kappa shape index (κ1) is 14.4. The van der Waals surface area contributed by atoms with Crippen molar-refractivity contribution in [1.82, 2.24) is 0 Å². The lowest BCUT2D eigenvalue weighted by atomic mass is 9.90. The number of methoxy groups -OCH3 is 1. The van der Waals surface area contributed by atoms with Crippen molar-refractivity contribution in [3.63, 3.8) is 0 Å². The third kappa shape index (κ3) is 2.49. The fourth-order valence-corrected chi connectivity index (χ4v) is 3.30. The molecule has 106 valence electrons. The molecule has 7 nitrogen and oxygen atoms in total. The van der Waals surface area contributed by atoms with Crippen molar-refractivity contribution in [3.05, 3.63) is 0 Å². The summed E-state index contributed by atoms with van der Waals surface area (Å²) in [7, 11) is -1.41. The quantitative estimate of drug-likeness (QED) is 0.743. The second-order valence-electron chi connectivity index (χ2n) is 4.58. The zero-order valence-electron chi connectivity index (χ0n) is 10.7. The van der Waals surface area contributed by atoms with Gasteiger partial charge in [0.05, 0.1) is 19.3 Å². The molecule has 0 aromatic rings. The monoisotopic (exact) mass is 282 g/mol. The number of rotatable bonds is 5. The molecule has 0 aliphatic carbocycles. The highest BCUT2D eigenvalue weighted by Gasteiger charge is 2.59. The molecule has 2 saturated heterocycles. The van der Waals surface area contributed by atoms with E-state index in [1.54, 1.807) is 7.11 Å². The van der Waals surface area contributed by atoms with Crippen LogP contribution < -0.4 is 0 Å².